The first kappa shape index (κ1) is 21.6. The average molecular weight is 384 g/mol. The molecule has 1 N–H and O–H groups in total. The van der Waals surface area contributed by atoms with Gasteiger partial charge in [-0.15, -0.1) is 11.8 Å². The summed E-state index contributed by atoms with van der Waals surface area (Å²) in [5.41, 5.74) is 14.4. The lowest BCUT2D eigenvalue weighted by molar-refractivity contribution is -0.114. The maximum atomic E-state index is 11.8. The molecule has 0 aliphatic heterocycles. The second kappa shape index (κ2) is 8.10. The highest BCUT2D eigenvalue weighted by molar-refractivity contribution is 7.98. The van der Waals surface area contributed by atoms with Gasteiger partial charge in [0, 0.05) is 17.6 Å². The second-order valence-corrected chi connectivity index (χ2v) is 8.76. The Hall–Kier alpha value is -1.74. The second-order valence-electron chi connectivity index (χ2n) is 7.78. The molecule has 2 aromatic carbocycles. The molecule has 0 atom stereocenters. The molecule has 146 valence electrons. The van der Waals surface area contributed by atoms with E-state index in [1.54, 1.807) is 6.92 Å². The summed E-state index contributed by atoms with van der Waals surface area (Å²) in [4.78, 5) is 13.0. The highest BCUT2D eigenvalue weighted by atomic mass is 32.2. The Bertz CT molecular complexity index is 896. The number of anilines is 1. The van der Waals surface area contributed by atoms with E-state index in [1.807, 2.05) is 11.8 Å². The first-order valence-corrected chi connectivity index (χ1v) is 10.5. The maximum Gasteiger partial charge on any atom is 0.221 e. The number of benzene rings is 2. The van der Waals surface area contributed by atoms with Crippen molar-refractivity contribution in [2.45, 2.75) is 79.9 Å². The molecule has 2 aromatic rings. The molecule has 3 heteroatoms. The molecule has 2 nitrogen and oxygen atoms in total. The summed E-state index contributed by atoms with van der Waals surface area (Å²) < 4.78 is 0. The van der Waals surface area contributed by atoms with Crippen LogP contribution in [0.15, 0.2) is 4.90 Å². The molecule has 0 aliphatic carbocycles. The first-order valence-electron chi connectivity index (χ1n) is 9.55. The number of carbonyl (C=O) groups is 1. The molecular weight excluding hydrogens is 350 g/mol. The summed E-state index contributed by atoms with van der Waals surface area (Å²) in [6.45, 7) is 21.3. The molecular formula is C24H33NOS. The van der Waals surface area contributed by atoms with E-state index < -0.39 is 0 Å². The predicted octanol–water partition coefficient (Wildman–Crippen LogP) is 6.71. The van der Waals surface area contributed by atoms with Gasteiger partial charge in [-0.3, -0.25) is 4.79 Å². The number of hydrogen-bond acceptors (Lipinski definition) is 2. The van der Waals surface area contributed by atoms with Crippen molar-refractivity contribution in [1.82, 2.24) is 0 Å². The van der Waals surface area contributed by atoms with E-state index >= 15 is 0 Å². The molecule has 0 heterocycles. The summed E-state index contributed by atoms with van der Waals surface area (Å²) in [5, 5.41) is 3.09. The third-order valence-corrected chi connectivity index (χ3v) is 7.68. The third kappa shape index (κ3) is 3.94. The van der Waals surface area contributed by atoms with Gasteiger partial charge in [0.05, 0.1) is 5.69 Å². The topological polar surface area (TPSA) is 29.1 Å². The fourth-order valence-corrected chi connectivity index (χ4v) is 5.16. The lowest BCUT2D eigenvalue weighted by Gasteiger charge is -2.22. The van der Waals surface area contributed by atoms with Gasteiger partial charge in [-0.2, -0.15) is 0 Å². The highest BCUT2D eigenvalue weighted by Gasteiger charge is 2.18. The summed E-state index contributed by atoms with van der Waals surface area (Å²) in [6, 6.07) is 0. The van der Waals surface area contributed by atoms with E-state index in [2.05, 4.69) is 67.6 Å². The van der Waals surface area contributed by atoms with Crippen molar-refractivity contribution in [3.8, 4) is 0 Å². The van der Waals surface area contributed by atoms with Crippen LogP contribution in [-0.4, -0.2) is 5.91 Å². The Morgan fingerprint density at radius 3 is 1.56 bits per heavy atom. The third-order valence-electron chi connectivity index (χ3n) is 6.45. The van der Waals surface area contributed by atoms with E-state index in [0.717, 1.165) is 11.4 Å². The fourth-order valence-electron chi connectivity index (χ4n) is 3.72. The van der Waals surface area contributed by atoms with Gasteiger partial charge in [0.25, 0.3) is 0 Å². The van der Waals surface area contributed by atoms with Crippen LogP contribution in [0.5, 0.6) is 0 Å². The van der Waals surface area contributed by atoms with Crippen molar-refractivity contribution in [1.29, 1.82) is 0 Å². The Labute approximate surface area is 169 Å². The molecule has 0 bridgehead atoms. The van der Waals surface area contributed by atoms with Crippen molar-refractivity contribution >= 4 is 23.4 Å². The van der Waals surface area contributed by atoms with Crippen LogP contribution in [0.25, 0.3) is 0 Å². The number of amides is 1. The molecule has 0 radical (unpaired) electrons. The Kier molecular flexibility index (Phi) is 6.47. The summed E-state index contributed by atoms with van der Waals surface area (Å²) in [6.07, 6.45) is 0. The molecule has 0 aromatic heterocycles. The normalized spacial score (nSPS) is 11.0. The van der Waals surface area contributed by atoms with Crippen LogP contribution in [0.2, 0.25) is 0 Å². The Balaban J connectivity index is 2.55. The molecule has 0 aliphatic rings. The Morgan fingerprint density at radius 1 is 0.667 bits per heavy atom. The zero-order valence-electron chi connectivity index (χ0n) is 18.5. The minimum absolute atomic E-state index is 0.0167. The first-order chi connectivity index (χ1) is 12.5. The van der Waals surface area contributed by atoms with Crippen molar-refractivity contribution in [3.63, 3.8) is 0 Å². The lowest BCUT2D eigenvalue weighted by Crippen LogP contribution is -2.11. The molecule has 2 rings (SSSR count). The Morgan fingerprint density at radius 2 is 1.07 bits per heavy atom. The van der Waals surface area contributed by atoms with Crippen molar-refractivity contribution in [3.05, 3.63) is 55.6 Å². The zero-order chi connectivity index (χ0) is 20.6. The summed E-state index contributed by atoms with van der Waals surface area (Å²) in [7, 11) is 0. The lowest BCUT2D eigenvalue weighted by atomic mass is 9.90. The molecule has 0 fully saturated rings. The van der Waals surface area contributed by atoms with Gasteiger partial charge in [-0.25, -0.2) is 0 Å². The molecule has 0 saturated heterocycles. The van der Waals surface area contributed by atoms with E-state index in [4.69, 9.17) is 0 Å². The molecule has 27 heavy (non-hydrogen) atoms. The van der Waals surface area contributed by atoms with Crippen LogP contribution in [0, 0.1) is 62.3 Å². The van der Waals surface area contributed by atoms with Crippen LogP contribution >= 0.6 is 11.8 Å². The quantitative estimate of drug-likeness (QED) is 0.594. The van der Waals surface area contributed by atoms with E-state index in [1.165, 1.54) is 60.5 Å². The van der Waals surface area contributed by atoms with Gasteiger partial charge in [-0.05, 0) is 118 Å². The SMILES string of the molecule is CC(=O)Nc1c(C)c(C)c(C)c(C)c1SCc1c(C)c(C)c(C)c(C)c1C. The standard InChI is InChI=1S/C24H33NOS/c1-12-13(2)17(6)22(18(7)14(12)3)11-27-24-20(9)16(5)15(4)19(8)23(24)25-21(10)26/h11H2,1-10H3,(H,25,26). The van der Waals surface area contributed by atoms with Gasteiger partial charge >= 0.3 is 0 Å². The van der Waals surface area contributed by atoms with Gasteiger partial charge in [-0.1, -0.05) is 0 Å². The number of hydrogen-bond donors (Lipinski definition) is 1. The van der Waals surface area contributed by atoms with Crippen LogP contribution in [0.1, 0.15) is 62.6 Å². The molecule has 0 saturated carbocycles. The average Bonchev–Trinajstić information content (AvgIpc) is 2.62. The van der Waals surface area contributed by atoms with E-state index in [0.29, 0.717) is 0 Å². The van der Waals surface area contributed by atoms with Crippen LogP contribution in [-0.2, 0) is 10.5 Å². The number of rotatable bonds is 4. The van der Waals surface area contributed by atoms with Crippen molar-refractivity contribution < 1.29 is 4.79 Å². The van der Waals surface area contributed by atoms with E-state index in [-0.39, 0.29) is 5.91 Å². The van der Waals surface area contributed by atoms with Gasteiger partial charge in [0.2, 0.25) is 5.91 Å². The largest absolute Gasteiger partial charge is 0.325 e. The minimum Gasteiger partial charge on any atom is -0.325 e. The van der Waals surface area contributed by atoms with Crippen LogP contribution in [0.4, 0.5) is 5.69 Å². The summed E-state index contributed by atoms with van der Waals surface area (Å²) in [5.74, 6) is 0.895. The van der Waals surface area contributed by atoms with Gasteiger partial charge in [0.15, 0.2) is 0 Å². The molecule has 0 spiro atoms. The minimum atomic E-state index is -0.0167. The van der Waals surface area contributed by atoms with Crippen molar-refractivity contribution in [2.75, 3.05) is 5.32 Å². The van der Waals surface area contributed by atoms with Gasteiger partial charge in [0.1, 0.15) is 0 Å². The predicted molar refractivity (Wildman–Crippen MR) is 119 cm³/mol. The van der Waals surface area contributed by atoms with Crippen LogP contribution < -0.4 is 5.32 Å². The van der Waals surface area contributed by atoms with Crippen molar-refractivity contribution in [2.24, 2.45) is 0 Å². The monoisotopic (exact) mass is 383 g/mol. The highest BCUT2D eigenvalue weighted by Crippen LogP contribution is 2.40. The fraction of sp³-hybridized carbons (Fsp3) is 0.458. The molecule has 1 amide bonds. The number of thioether (sulfide) groups is 1. The summed E-state index contributed by atoms with van der Waals surface area (Å²) >= 11 is 1.84. The maximum absolute atomic E-state index is 11.8. The smallest absolute Gasteiger partial charge is 0.221 e. The van der Waals surface area contributed by atoms with E-state index in [9.17, 15) is 4.79 Å². The molecule has 0 unspecified atom stereocenters. The number of carbonyl (C=O) groups excluding carboxylic acids is 1. The van der Waals surface area contributed by atoms with Crippen LogP contribution in [0.3, 0.4) is 0 Å². The van der Waals surface area contributed by atoms with Gasteiger partial charge < -0.3 is 5.32 Å². The number of nitrogens with one attached hydrogen (secondary N) is 1. The zero-order valence-corrected chi connectivity index (χ0v) is 19.3.